The second-order valence-corrected chi connectivity index (χ2v) is 17.3. The highest BCUT2D eigenvalue weighted by Gasteiger charge is 2.57. The summed E-state index contributed by atoms with van der Waals surface area (Å²) in [5.74, 6) is 9.95. The minimum atomic E-state index is -5.84. The van der Waals surface area contributed by atoms with Gasteiger partial charge in [-0.1, -0.05) is 81.6 Å². The van der Waals surface area contributed by atoms with Crippen molar-refractivity contribution in [3.63, 3.8) is 0 Å². The number of thiol groups is 1. The van der Waals surface area contributed by atoms with Crippen LogP contribution in [0.1, 0.15) is 120 Å². The van der Waals surface area contributed by atoms with E-state index in [1.807, 2.05) is 0 Å². The highest BCUT2D eigenvalue weighted by atomic mass is 32.2. The molecule has 0 aromatic heterocycles. The second kappa shape index (κ2) is 14.2. The number of hydrogen-bond acceptors (Lipinski definition) is 3. The van der Waals surface area contributed by atoms with Gasteiger partial charge in [0.25, 0.3) is 0 Å². The molecule has 3 saturated carbocycles. The smallest absolute Gasteiger partial charge is 0.279 e. The Morgan fingerprint density at radius 2 is 0.850 bits per heavy atom. The van der Waals surface area contributed by atoms with E-state index in [9.17, 15) is 13.2 Å². The van der Waals surface area contributed by atoms with Crippen LogP contribution in [-0.2, 0) is 10.1 Å². The van der Waals surface area contributed by atoms with E-state index in [4.69, 9.17) is 25.6 Å². The van der Waals surface area contributed by atoms with Gasteiger partial charge >= 0.3 is 15.6 Å². The molecule has 9 atom stereocenters. The van der Waals surface area contributed by atoms with Crippen LogP contribution in [0.15, 0.2) is 0 Å². The van der Waals surface area contributed by atoms with Gasteiger partial charge in [-0.3, -0.25) is 4.55 Å². The van der Waals surface area contributed by atoms with Crippen LogP contribution in [0.5, 0.6) is 0 Å². The van der Waals surface area contributed by atoms with Gasteiger partial charge in [0.05, 0.1) is 0 Å². The topological polar surface area (TPSA) is 54.4 Å². The minimum absolute atomic E-state index is 0.205. The van der Waals surface area contributed by atoms with Gasteiger partial charge in [0.15, 0.2) is 0 Å². The number of hydrogen-bond donors (Lipinski definition) is 2. The molecule has 3 fully saturated rings. The second-order valence-electron chi connectivity index (χ2n) is 15.1. The molecular weight excluding hydrogens is 553 g/mol. The third kappa shape index (κ3) is 8.57. The average molecular weight is 613 g/mol. The summed E-state index contributed by atoms with van der Waals surface area (Å²) in [4.78, 5) is 0. The molecular formula is C32H59F3O3S2. The lowest BCUT2D eigenvalue weighted by Gasteiger charge is -2.61. The van der Waals surface area contributed by atoms with Crippen LogP contribution in [0, 0.1) is 71.0 Å². The first-order valence-electron chi connectivity index (χ1n) is 16.0. The predicted molar refractivity (Wildman–Crippen MR) is 164 cm³/mol. The van der Waals surface area contributed by atoms with Gasteiger partial charge < -0.3 is 0 Å². The Labute approximate surface area is 249 Å². The van der Waals surface area contributed by atoms with Crippen LogP contribution in [0.4, 0.5) is 13.2 Å². The zero-order chi connectivity index (χ0) is 30.8. The summed E-state index contributed by atoms with van der Waals surface area (Å²) < 4.78 is 57.7. The molecule has 0 aromatic rings. The van der Waals surface area contributed by atoms with Gasteiger partial charge in [-0.2, -0.15) is 34.2 Å². The summed E-state index contributed by atoms with van der Waals surface area (Å²) in [5.41, 5.74) is -5.53. The Morgan fingerprint density at radius 1 is 0.625 bits per heavy atom. The maximum Gasteiger partial charge on any atom is 0.522 e. The van der Waals surface area contributed by atoms with E-state index in [0.717, 1.165) is 71.0 Å². The van der Waals surface area contributed by atoms with Crippen molar-refractivity contribution in [3.8, 4) is 0 Å². The molecule has 0 spiro atoms. The number of alkyl halides is 3. The summed E-state index contributed by atoms with van der Waals surface area (Å²) in [5, 5.41) is 0. The molecule has 9 unspecified atom stereocenters. The van der Waals surface area contributed by atoms with Crippen molar-refractivity contribution in [3.05, 3.63) is 0 Å². The largest absolute Gasteiger partial charge is 0.522 e. The van der Waals surface area contributed by atoms with Gasteiger partial charge in [0.1, 0.15) is 0 Å². The van der Waals surface area contributed by atoms with Gasteiger partial charge in [0.2, 0.25) is 0 Å². The lowest BCUT2D eigenvalue weighted by Crippen LogP contribution is -2.58. The van der Waals surface area contributed by atoms with E-state index in [0.29, 0.717) is 0 Å². The van der Waals surface area contributed by atoms with Crippen LogP contribution in [-0.4, -0.2) is 23.2 Å². The molecule has 1 N–H and O–H groups in total. The first-order valence-corrected chi connectivity index (χ1v) is 17.9. The van der Waals surface area contributed by atoms with Crippen LogP contribution < -0.4 is 0 Å². The maximum absolute atomic E-state index is 10.7. The molecule has 3 rings (SSSR count). The highest BCUT2D eigenvalue weighted by molar-refractivity contribution is 7.86. The average Bonchev–Trinajstić information content (AvgIpc) is 2.81. The fourth-order valence-corrected chi connectivity index (χ4v) is 9.92. The summed E-state index contributed by atoms with van der Waals surface area (Å²) in [6.07, 6.45) is 12.9. The fourth-order valence-electron chi connectivity index (χ4n) is 9.03. The SMILES string of the molecule is CC1CCC(C(C)C)C(C(S)(C2CC(C)CCC2C(C)C)C2CC(C)CCC2C(C)C)C1.O=S(=O)(O)C(F)(F)F. The van der Waals surface area contributed by atoms with Crippen molar-refractivity contribution in [1.29, 1.82) is 0 Å². The van der Waals surface area contributed by atoms with E-state index in [1.165, 1.54) is 57.8 Å². The summed E-state index contributed by atoms with van der Waals surface area (Å²) in [7, 11) is -5.84. The van der Waals surface area contributed by atoms with E-state index in [1.54, 1.807) is 0 Å². The van der Waals surface area contributed by atoms with Gasteiger partial charge in [-0.05, 0) is 110 Å². The lowest BCUT2D eigenvalue weighted by molar-refractivity contribution is -0.0510. The summed E-state index contributed by atoms with van der Waals surface area (Å²) >= 11 is 6.13. The fraction of sp³-hybridized carbons (Fsp3) is 1.00. The Kier molecular flexibility index (Phi) is 12.9. The predicted octanol–water partition coefficient (Wildman–Crippen LogP) is 10.2. The van der Waals surface area contributed by atoms with Gasteiger partial charge in [-0.25, -0.2) is 0 Å². The Hall–Kier alpha value is 0.0500. The Balaban J connectivity index is 0.000000611. The zero-order valence-corrected chi connectivity index (χ0v) is 28.3. The monoisotopic (exact) mass is 612 g/mol. The molecule has 3 nitrogen and oxygen atoms in total. The molecule has 0 amide bonds. The molecule has 0 aromatic carbocycles. The molecule has 0 saturated heterocycles. The molecule has 0 radical (unpaired) electrons. The van der Waals surface area contributed by atoms with E-state index >= 15 is 0 Å². The van der Waals surface area contributed by atoms with Crippen molar-refractivity contribution in [1.82, 2.24) is 0 Å². The lowest BCUT2D eigenvalue weighted by atomic mass is 9.50. The quantitative estimate of drug-likeness (QED) is 0.178. The molecule has 0 aliphatic heterocycles. The van der Waals surface area contributed by atoms with Crippen LogP contribution in [0.3, 0.4) is 0 Å². The van der Waals surface area contributed by atoms with Gasteiger partial charge in [-0.15, -0.1) is 0 Å². The minimum Gasteiger partial charge on any atom is -0.279 e. The first-order chi connectivity index (χ1) is 18.2. The first kappa shape index (κ1) is 36.2. The van der Waals surface area contributed by atoms with Crippen LogP contribution in [0.2, 0.25) is 0 Å². The van der Waals surface area contributed by atoms with Crippen molar-refractivity contribution in [2.24, 2.45) is 71.0 Å². The number of rotatable bonds is 6. The van der Waals surface area contributed by atoms with Gasteiger partial charge in [0, 0.05) is 4.75 Å². The van der Waals surface area contributed by atoms with Crippen molar-refractivity contribution >= 4 is 22.7 Å². The molecule has 0 heterocycles. The molecule has 0 bridgehead atoms. The molecule has 3 aliphatic carbocycles. The van der Waals surface area contributed by atoms with E-state index < -0.39 is 15.6 Å². The van der Waals surface area contributed by atoms with Crippen molar-refractivity contribution < 1.29 is 26.1 Å². The molecule has 3 aliphatic rings. The Bertz CT molecular complexity index is 807. The van der Waals surface area contributed by atoms with Crippen molar-refractivity contribution in [2.75, 3.05) is 0 Å². The summed E-state index contributed by atoms with van der Waals surface area (Å²) in [6, 6.07) is 0. The third-order valence-electron chi connectivity index (χ3n) is 11.1. The van der Waals surface area contributed by atoms with Crippen molar-refractivity contribution in [2.45, 2.75) is 130 Å². The zero-order valence-electron chi connectivity index (χ0n) is 26.5. The highest BCUT2D eigenvalue weighted by Crippen LogP contribution is 2.62. The standard InChI is InChI=1S/C31H58S.CHF3O3S/c1-19(2)25-13-10-22(7)16-28(25)31(32,29-17-23(8)11-14-26(29)20(3)4)30-18-24(9)12-15-27(30)21(5)6;2-1(3,4)8(5,6)7/h19-30,32H,10-18H2,1-9H3;(H,5,6,7). The third-order valence-corrected chi connectivity index (χ3v) is 12.7. The van der Waals surface area contributed by atoms with Crippen LogP contribution in [0.25, 0.3) is 0 Å². The maximum atomic E-state index is 10.7. The van der Waals surface area contributed by atoms with E-state index in [2.05, 4.69) is 62.3 Å². The normalized spacial score (nSPS) is 37.7. The van der Waals surface area contributed by atoms with Crippen LogP contribution >= 0.6 is 12.6 Å². The molecule has 8 heteroatoms. The van der Waals surface area contributed by atoms with E-state index in [-0.39, 0.29) is 4.75 Å². The molecule has 238 valence electrons. The molecule has 40 heavy (non-hydrogen) atoms. The Morgan fingerprint density at radius 3 is 1.02 bits per heavy atom. The summed E-state index contributed by atoms with van der Waals surface area (Å²) in [6.45, 7) is 22.8. The number of halogens is 3.